The summed E-state index contributed by atoms with van der Waals surface area (Å²) in [4.78, 5) is 11.9. The van der Waals surface area contributed by atoms with Crippen molar-refractivity contribution in [1.82, 2.24) is 0 Å². The molecule has 0 saturated heterocycles. The number of benzene rings is 3. The quantitative estimate of drug-likeness (QED) is 0.688. The number of carbonyl (C=O) groups is 1. The van der Waals surface area contributed by atoms with Gasteiger partial charge in [-0.2, -0.15) is 0 Å². The molecule has 0 radical (unpaired) electrons. The Labute approximate surface area is 138 Å². The first-order valence-electron chi connectivity index (χ1n) is 7.35. The van der Waals surface area contributed by atoms with Gasteiger partial charge in [0, 0.05) is 11.4 Å². The summed E-state index contributed by atoms with van der Waals surface area (Å²) in [6.45, 7) is 0. The van der Waals surface area contributed by atoms with Crippen LogP contribution >= 0.6 is 0 Å². The Morgan fingerprint density at radius 1 is 0.708 bits per heavy atom. The van der Waals surface area contributed by atoms with Crippen LogP contribution in [-0.4, -0.2) is 6.03 Å². The average Bonchev–Trinajstić information content (AvgIpc) is 2.60. The van der Waals surface area contributed by atoms with E-state index in [0.29, 0.717) is 17.1 Å². The summed E-state index contributed by atoms with van der Waals surface area (Å²) in [5.74, 6) is 1.06. The summed E-state index contributed by atoms with van der Waals surface area (Å²) in [6.07, 6.45) is 0. The predicted octanol–water partition coefficient (Wildman–Crippen LogP) is 5.26. The van der Waals surface area contributed by atoms with E-state index >= 15 is 0 Å². The Kier molecular flexibility index (Phi) is 4.72. The van der Waals surface area contributed by atoms with E-state index in [1.165, 1.54) is 24.3 Å². The van der Waals surface area contributed by atoms with Crippen LogP contribution in [0.2, 0.25) is 0 Å². The third-order valence-corrected chi connectivity index (χ3v) is 3.19. The first-order valence-corrected chi connectivity index (χ1v) is 7.35. The number of amides is 2. The Bertz CT molecular complexity index is 803. The summed E-state index contributed by atoms with van der Waals surface area (Å²) in [5, 5.41) is 5.32. The number of hydrogen-bond donors (Lipinski definition) is 2. The van der Waals surface area contributed by atoms with Crippen LogP contribution in [-0.2, 0) is 0 Å². The lowest BCUT2D eigenvalue weighted by Gasteiger charge is -2.09. The van der Waals surface area contributed by atoms with Gasteiger partial charge >= 0.3 is 6.03 Å². The molecule has 0 heterocycles. The van der Waals surface area contributed by atoms with Gasteiger partial charge in [0.1, 0.15) is 17.3 Å². The maximum atomic E-state index is 12.8. The number of para-hydroxylation sites is 1. The van der Waals surface area contributed by atoms with E-state index in [0.717, 1.165) is 5.75 Å². The highest BCUT2D eigenvalue weighted by Crippen LogP contribution is 2.22. The van der Waals surface area contributed by atoms with E-state index in [1.807, 2.05) is 30.3 Å². The number of ether oxygens (including phenoxy) is 1. The lowest BCUT2D eigenvalue weighted by molar-refractivity contribution is 0.262. The fourth-order valence-corrected chi connectivity index (χ4v) is 2.06. The molecule has 4 nitrogen and oxygen atoms in total. The standard InChI is InChI=1S/C19H15FN2O2/c20-14-6-8-15(9-7-14)21-19(23)22-16-10-12-18(13-11-16)24-17-4-2-1-3-5-17/h1-13H,(H2,21,22,23). The molecule has 0 saturated carbocycles. The van der Waals surface area contributed by atoms with Gasteiger partial charge in [0.05, 0.1) is 0 Å². The van der Waals surface area contributed by atoms with Crippen molar-refractivity contribution in [3.63, 3.8) is 0 Å². The van der Waals surface area contributed by atoms with Crippen molar-refractivity contribution in [1.29, 1.82) is 0 Å². The zero-order valence-corrected chi connectivity index (χ0v) is 12.7. The van der Waals surface area contributed by atoms with Gasteiger partial charge in [0.25, 0.3) is 0 Å². The minimum absolute atomic E-state index is 0.352. The number of urea groups is 1. The Morgan fingerprint density at radius 3 is 1.79 bits per heavy atom. The van der Waals surface area contributed by atoms with Crippen molar-refractivity contribution in [2.75, 3.05) is 10.6 Å². The second-order valence-electron chi connectivity index (χ2n) is 5.03. The summed E-state index contributed by atoms with van der Waals surface area (Å²) in [5.41, 5.74) is 1.13. The molecule has 3 rings (SSSR count). The van der Waals surface area contributed by atoms with Gasteiger partial charge in [0.15, 0.2) is 0 Å². The molecule has 24 heavy (non-hydrogen) atoms. The summed E-state index contributed by atoms with van der Waals surface area (Å²) >= 11 is 0. The second kappa shape index (κ2) is 7.28. The number of anilines is 2. The van der Waals surface area contributed by atoms with Crippen molar-refractivity contribution in [2.24, 2.45) is 0 Å². The predicted molar refractivity (Wildman–Crippen MR) is 92.0 cm³/mol. The summed E-state index contributed by atoms with van der Waals surface area (Å²) in [7, 11) is 0. The largest absolute Gasteiger partial charge is 0.457 e. The monoisotopic (exact) mass is 322 g/mol. The maximum absolute atomic E-state index is 12.8. The highest BCUT2D eigenvalue weighted by atomic mass is 19.1. The van der Waals surface area contributed by atoms with Gasteiger partial charge in [-0.3, -0.25) is 0 Å². The first-order chi connectivity index (χ1) is 11.7. The molecule has 0 bridgehead atoms. The SMILES string of the molecule is O=C(Nc1ccc(F)cc1)Nc1ccc(Oc2ccccc2)cc1. The number of rotatable bonds is 4. The topological polar surface area (TPSA) is 50.4 Å². The van der Waals surface area contributed by atoms with Gasteiger partial charge < -0.3 is 15.4 Å². The molecule has 0 spiro atoms. The minimum atomic E-state index is -0.404. The van der Waals surface area contributed by atoms with E-state index in [4.69, 9.17) is 4.74 Å². The van der Waals surface area contributed by atoms with Crippen molar-refractivity contribution < 1.29 is 13.9 Å². The molecule has 0 aliphatic heterocycles. The molecule has 3 aromatic carbocycles. The van der Waals surface area contributed by atoms with Crippen molar-refractivity contribution in [3.8, 4) is 11.5 Å². The third kappa shape index (κ3) is 4.33. The Morgan fingerprint density at radius 2 is 1.21 bits per heavy atom. The maximum Gasteiger partial charge on any atom is 0.323 e. The molecular formula is C19H15FN2O2. The van der Waals surface area contributed by atoms with Crippen molar-refractivity contribution >= 4 is 17.4 Å². The van der Waals surface area contributed by atoms with Crippen LogP contribution in [0.4, 0.5) is 20.6 Å². The molecular weight excluding hydrogens is 307 g/mol. The van der Waals surface area contributed by atoms with Crippen LogP contribution in [0, 0.1) is 5.82 Å². The fraction of sp³-hybridized carbons (Fsp3) is 0. The van der Waals surface area contributed by atoms with Crippen LogP contribution in [0.25, 0.3) is 0 Å². The highest BCUT2D eigenvalue weighted by Gasteiger charge is 2.03. The Balaban J connectivity index is 1.57. The normalized spacial score (nSPS) is 10.0. The lowest BCUT2D eigenvalue weighted by Crippen LogP contribution is -2.19. The molecule has 2 N–H and O–H groups in total. The fourth-order valence-electron chi connectivity index (χ4n) is 2.06. The average molecular weight is 322 g/mol. The highest BCUT2D eigenvalue weighted by molar-refractivity contribution is 5.99. The molecule has 0 aromatic heterocycles. The van der Waals surface area contributed by atoms with Gasteiger partial charge in [-0.25, -0.2) is 9.18 Å². The van der Waals surface area contributed by atoms with E-state index in [1.54, 1.807) is 24.3 Å². The summed E-state index contributed by atoms with van der Waals surface area (Å²) in [6, 6.07) is 21.6. The molecule has 2 amide bonds. The molecule has 5 heteroatoms. The molecule has 3 aromatic rings. The second-order valence-corrected chi connectivity index (χ2v) is 5.03. The first kappa shape index (κ1) is 15.6. The number of carbonyl (C=O) groups excluding carboxylic acids is 1. The van der Waals surface area contributed by atoms with Crippen LogP contribution in [0.3, 0.4) is 0 Å². The van der Waals surface area contributed by atoms with Crippen LogP contribution < -0.4 is 15.4 Å². The van der Waals surface area contributed by atoms with Gasteiger partial charge in [-0.05, 0) is 60.7 Å². The zero-order valence-electron chi connectivity index (χ0n) is 12.7. The molecule has 120 valence electrons. The van der Waals surface area contributed by atoms with Crippen LogP contribution in [0.1, 0.15) is 0 Å². The minimum Gasteiger partial charge on any atom is -0.457 e. The van der Waals surface area contributed by atoms with Crippen molar-refractivity contribution in [3.05, 3.63) is 84.7 Å². The van der Waals surface area contributed by atoms with Gasteiger partial charge in [-0.15, -0.1) is 0 Å². The Hall–Kier alpha value is -3.34. The summed E-state index contributed by atoms with van der Waals surface area (Å²) < 4.78 is 18.5. The molecule has 0 atom stereocenters. The van der Waals surface area contributed by atoms with Crippen LogP contribution in [0.5, 0.6) is 11.5 Å². The smallest absolute Gasteiger partial charge is 0.323 e. The third-order valence-electron chi connectivity index (χ3n) is 3.19. The molecule has 0 aliphatic rings. The molecule has 0 fully saturated rings. The number of nitrogens with one attached hydrogen (secondary N) is 2. The molecule has 0 aliphatic carbocycles. The molecule has 0 unspecified atom stereocenters. The van der Waals surface area contributed by atoms with E-state index < -0.39 is 6.03 Å². The van der Waals surface area contributed by atoms with E-state index in [9.17, 15) is 9.18 Å². The van der Waals surface area contributed by atoms with Gasteiger partial charge in [0.2, 0.25) is 0 Å². The van der Waals surface area contributed by atoms with Crippen LogP contribution in [0.15, 0.2) is 78.9 Å². The van der Waals surface area contributed by atoms with E-state index in [2.05, 4.69) is 10.6 Å². The number of halogens is 1. The van der Waals surface area contributed by atoms with Crippen molar-refractivity contribution in [2.45, 2.75) is 0 Å². The zero-order chi connectivity index (χ0) is 16.8. The van der Waals surface area contributed by atoms with Gasteiger partial charge in [-0.1, -0.05) is 18.2 Å². The lowest BCUT2D eigenvalue weighted by atomic mass is 10.3. The van der Waals surface area contributed by atoms with E-state index in [-0.39, 0.29) is 5.82 Å². The number of hydrogen-bond acceptors (Lipinski definition) is 2.